The van der Waals surface area contributed by atoms with Crippen LogP contribution in [0.15, 0.2) is 0 Å². The van der Waals surface area contributed by atoms with Crippen molar-refractivity contribution in [2.45, 2.75) is 40.5 Å². The van der Waals surface area contributed by atoms with Crippen molar-refractivity contribution in [3.05, 3.63) is 0 Å². The molecule has 0 aliphatic carbocycles. The molecule has 0 saturated heterocycles. The lowest BCUT2D eigenvalue weighted by molar-refractivity contribution is -0.126. The molecule has 0 heterocycles. The van der Waals surface area contributed by atoms with Crippen LogP contribution in [0.3, 0.4) is 0 Å². The van der Waals surface area contributed by atoms with Crippen LogP contribution in [0.4, 0.5) is 0 Å². The van der Waals surface area contributed by atoms with Gasteiger partial charge in [-0.15, -0.1) is 0 Å². The van der Waals surface area contributed by atoms with Crippen LogP contribution in [0.1, 0.15) is 40.5 Å². The Labute approximate surface area is 135 Å². The zero-order valence-electron chi connectivity index (χ0n) is 14.8. The van der Waals surface area contributed by atoms with Gasteiger partial charge in [-0.3, -0.25) is 9.59 Å². The third kappa shape index (κ3) is 10.6. The molecule has 0 unspecified atom stereocenters. The van der Waals surface area contributed by atoms with Crippen molar-refractivity contribution in [3.63, 3.8) is 0 Å². The number of hydrogen-bond acceptors (Lipinski definition) is 4. The first-order chi connectivity index (χ1) is 10.6. The van der Waals surface area contributed by atoms with Crippen LogP contribution in [0.25, 0.3) is 0 Å². The number of hydrogen-bond donors (Lipinski definition) is 2. The summed E-state index contributed by atoms with van der Waals surface area (Å²) in [5, 5.41) is 5.72. The third-order valence-corrected chi connectivity index (χ3v) is 3.87. The van der Waals surface area contributed by atoms with E-state index in [1.165, 1.54) is 0 Å². The molecule has 2 amide bonds. The van der Waals surface area contributed by atoms with Gasteiger partial charge in [0, 0.05) is 39.0 Å². The summed E-state index contributed by atoms with van der Waals surface area (Å²) < 4.78 is 0. The number of likely N-dealkylation sites (N-methyl/N-ethyl adjacent to an activating group) is 2. The zero-order valence-corrected chi connectivity index (χ0v) is 14.8. The SMILES string of the molecule is CCN(CC)CCNC(=O)CCC(=O)NCCN(CC)CC. The van der Waals surface area contributed by atoms with Gasteiger partial charge in [-0.25, -0.2) is 0 Å². The fourth-order valence-corrected chi connectivity index (χ4v) is 2.19. The van der Waals surface area contributed by atoms with Gasteiger partial charge in [0.05, 0.1) is 0 Å². The lowest BCUT2D eigenvalue weighted by Crippen LogP contribution is -2.36. The normalized spacial score (nSPS) is 11.0. The molecule has 0 fully saturated rings. The van der Waals surface area contributed by atoms with Gasteiger partial charge in [0.1, 0.15) is 0 Å². The van der Waals surface area contributed by atoms with Crippen LogP contribution in [-0.2, 0) is 9.59 Å². The van der Waals surface area contributed by atoms with Crippen molar-refractivity contribution in [1.29, 1.82) is 0 Å². The van der Waals surface area contributed by atoms with Crippen LogP contribution in [-0.4, -0.2) is 74.0 Å². The van der Waals surface area contributed by atoms with Gasteiger partial charge in [-0.1, -0.05) is 27.7 Å². The molecule has 0 aliphatic rings. The third-order valence-electron chi connectivity index (χ3n) is 3.87. The summed E-state index contributed by atoms with van der Waals surface area (Å²) in [7, 11) is 0. The number of rotatable bonds is 13. The van der Waals surface area contributed by atoms with E-state index >= 15 is 0 Å². The van der Waals surface area contributed by atoms with Crippen LogP contribution >= 0.6 is 0 Å². The molecule has 0 atom stereocenters. The molecular formula is C16H34N4O2. The van der Waals surface area contributed by atoms with Crippen molar-refractivity contribution in [1.82, 2.24) is 20.4 Å². The molecule has 0 aromatic rings. The van der Waals surface area contributed by atoms with Crippen LogP contribution < -0.4 is 10.6 Å². The topological polar surface area (TPSA) is 64.7 Å². The van der Waals surface area contributed by atoms with Gasteiger partial charge in [0.2, 0.25) is 11.8 Å². The minimum atomic E-state index is -0.0500. The summed E-state index contributed by atoms with van der Waals surface area (Å²) in [6, 6.07) is 0. The zero-order chi connectivity index (χ0) is 16.8. The number of nitrogens with zero attached hydrogens (tertiary/aromatic N) is 2. The Kier molecular flexibility index (Phi) is 12.8. The second-order valence-electron chi connectivity index (χ2n) is 5.25. The molecule has 6 heteroatoms. The highest BCUT2D eigenvalue weighted by molar-refractivity contribution is 5.83. The Morgan fingerprint density at radius 1 is 0.682 bits per heavy atom. The summed E-state index contributed by atoms with van der Waals surface area (Å²) in [6.07, 6.45) is 0.519. The van der Waals surface area contributed by atoms with Crippen LogP contribution in [0, 0.1) is 0 Å². The van der Waals surface area contributed by atoms with E-state index in [2.05, 4.69) is 48.1 Å². The van der Waals surface area contributed by atoms with E-state index in [1.54, 1.807) is 0 Å². The summed E-state index contributed by atoms with van der Waals surface area (Å²) in [5.41, 5.74) is 0. The van der Waals surface area contributed by atoms with Gasteiger partial charge in [-0.2, -0.15) is 0 Å². The molecule has 0 saturated carbocycles. The van der Waals surface area contributed by atoms with Crippen LogP contribution in [0.2, 0.25) is 0 Å². The summed E-state index contributed by atoms with van der Waals surface area (Å²) in [4.78, 5) is 27.8. The molecule has 0 aromatic heterocycles. The maximum atomic E-state index is 11.7. The minimum absolute atomic E-state index is 0.0500. The van der Waals surface area contributed by atoms with Gasteiger partial charge in [0.25, 0.3) is 0 Å². The Morgan fingerprint density at radius 3 is 1.27 bits per heavy atom. The monoisotopic (exact) mass is 314 g/mol. The molecule has 130 valence electrons. The molecule has 2 N–H and O–H groups in total. The smallest absolute Gasteiger partial charge is 0.220 e. The molecule has 6 nitrogen and oxygen atoms in total. The highest BCUT2D eigenvalue weighted by Crippen LogP contribution is 1.91. The van der Waals surface area contributed by atoms with E-state index in [-0.39, 0.29) is 24.7 Å². The number of nitrogens with one attached hydrogen (secondary N) is 2. The first kappa shape index (κ1) is 20.9. The van der Waals surface area contributed by atoms with E-state index in [9.17, 15) is 9.59 Å². The number of carbonyl (C=O) groups is 2. The predicted molar refractivity (Wildman–Crippen MR) is 90.8 cm³/mol. The number of amides is 2. The summed E-state index contributed by atoms with van der Waals surface area (Å²) in [6.45, 7) is 15.4. The van der Waals surface area contributed by atoms with E-state index < -0.39 is 0 Å². The molecular weight excluding hydrogens is 280 g/mol. The Morgan fingerprint density at radius 2 is 1.00 bits per heavy atom. The quantitative estimate of drug-likeness (QED) is 0.525. The van der Waals surface area contributed by atoms with E-state index in [4.69, 9.17) is 0 Å². The van der Waals surface area contributed by atoms with Gasteiger partial charge in [-0.05, 0) is 26.2 Å². The highest BCUT2D eigenvalue weighted by atomic mass is 16.2. The molecule has 0 aromatic carbocycles. The second kappa shape index (κ2) is 13.5. The molecule has 0 spiro atoms. The first-order valence-corrected chi connectivity index (χ1v) is 8.55. The summed E-state index contributed by atoms with van der Waals surface area (Å²) >= 11 is 0. The van der Waals surface area contributed by atoms with E-state index in [1.807, 2.05) is 0 Å². The molecule has 0 aliphatic heterocycles. The fourth-order valence-electron chi connectivity index (χ4n) is 2.19. The minimum Gasteiger partial charge on any atom is -0.355 e. The fraction of sp³-hybridized carbons (Fsp3) is 0.875. The predicted octanol–water partition coefficient (Wildman–Crippen LogP) is 0.683. The highest BCUT2D eigenvalue weighted by Gasteiger charge is 2.07. The molecule has 22 heavy (non-hydrogen) atoms. The largest absolute Gasteiger partial charge is 0.355 e. The van der Waals surface area contributed by atoms with Gasteiger partial charge in [0.15, 0.2) is 0 Å². The van der Waals surface area contributed by atoms with Crippen molar-refractivity contribution in [2.24, 2.45) is 0 Å². The maximum Gasteiger partial charge on any atom is 0.220 e. The van der Waals surface area contributed by atoms with Crippen molar-refractivity contribution >= 4 is 11.8 Å². The lowest BCUT2D eigenvalue weighted by atomic mass is 10.2. The Balaban J connectivity index is 3.66. The standard InChI is InChI=1S/C16H34N4O2/c1-5-19(6-2)13-11-17-15(21)9-10-16(22)18-12-14-20(7-3)8-4/h5-14H2,1-4H3,(H,17,21)(H,18,22). The molecule has 0 bridgehead atoms. The first-order valence-electron chi connectivity index (χ1n) is 8.55. The number of carbonyl (C=O) groups excluding carboxylic acids is 2. The Bertz CT molecular complexity index is 273. The average molecular weight is 314 g/mol. The van der Waals surface area contributed by atoms with Gasteiger partial charge >= 0.3 is 0 Å². The van der Waals surface area contributed by atoms with E-state index in [0.29, 0.717) is 13.1 Å². The van der Waals surface area contributed by atoms with E-state index in [0.717, 1.165) is 39.3 Å². The van der Waals surface area contributed by atoms with Crippen molar-refractivity contribution < 1.29 is 9.59 Å². The van der Waals surface area contributed by atoms with Crippen LogP contribution in [0.5, 0.6) is 0 Å². The summed E-state index contributed by atoms with van der Waals surface area (Å²) in [5.74, 6) is -0.0999. The Hall–Kier alpha value is -1.14. The average Bonchev–Trinajstić information content (AvgIpc) is 2.53. The van der Waals surface area contributed by atoms with Gasteiger partial charge < -0.3 is 20.4 Å². The molecule has 0 rings (SSSR count). The maximum absolute atomic E-state index is 11.7. The van der Waals surface area contributed by atoms with Crippen molar-refractivity contribution in [2.75, 3.05) is 52.4 Å². The molecule has 0 radical (unpaired) electrons. The second-order valence-corrected chi connectivity index (χ2v) is 5.25. The lowest BCUT2D eigenvalue weighted by Gasteiger charge is -2.18. The van der Waals surface area contributed by atoms with Crippen molar-refractivity contribution in [3.8, 4) is 0 Å².